The van der Waals surface area contributed by atoms with Gasteiger partial charge in [0.25, 0.3) is 0 Å². The molecular weight excluding hydrogens is 298 g/mol. The first-order valence-corrected chi connectivity index (χ1v) is 8.68. The van der Waals surface area contributed by atoms with Gasteiger partial charge in [-0.2, -0.15) is 0 Å². The van der Waals surface area contributed by atoms with Crippen LogP contribution in [0.2, 0.25) is 0 Å². The molecule has 0 saturated carbocycles. The van der Waals surface area contributed by atoms with Crippen LogP contribution < -0.4 is 0 Å². The molecule has 0 radical (unpaired) electrons. The molecular formula is C17H15NO3S. The number of rotatable bonds is 3. The van der Waals surface area contributed by atoms with Gasteiger partial charge < -0.3 is 4.52 Å². The maximum Gasteiger partial charge on any atom is 0.175 e. The number of aryl methyl sites for hydroxylation is 1. The number of aromatic nitrogens is 1. The number of hydrogen-bond acceptors (Lipinski definition) is 4. The van der Waals surface area contributed by atoms with Gasteiger partial charge >= 0.3 is 0 Å². The highest BCUT2D eigenvalue weighted by molar-refractivity contribution is 7.90. The zero-order valence-electron chi connectivity index (χ0n) is 12.3. The summed E-state index contributed by atoms with van der Waals surface area (Å²) in [6, 6.07) is 16.5. The molecule has 22 heavy (non-hydrogen) atoms. The monoisotopic (exact) mass is 313 g/mol. The van der Waals surface area contributed by atoms with E-state index >= 15 is 0 Å². The van der Waals surface area contributed by atoms with Crippen LogP contribution >= 0.6 is 0 Å². The van der Waals surface area contributed by atoms with Gasteiger partial charge in [-0.25, -0.2) is 8.42 Å². The number of nitrogens with zero attached hydrogens (tertiary/aromatic N) is 1. The van der Waals surface area contributed by atoms with Crippen molar-refractivity contribution in [3.8, 4) is 22.5 Å². The number of sulfone groups is 1. The molecule has 0 fully saturated rings. The van der Waals surface area contributed by atoms with Crippen molar-refractivity contribution in [3.05, 3.63) is 60.3 Å². The molecule has 5 heteroatoms. The Balaban J connectivity index is 2.11. The van der Waals surface area contributed by atoms with Crippen molar-refractivity contribution in [1.82, 2.24) is 5.16 Å². The fourth-order valence-corrected chi connectivity index (χ4v) is 3.00. The van der Waals surface area contributed by atoms with Crippen molar-refractivity contribution < 1.29 is 12.9 Å². The molecule has 0 atom stereocenters. The van der Waals surface area contributed by atoms with Crippen LogP contribution in [0.15, 0.2) is 64.0 Å². The molecule has 112 valence electrons. The van der Waals surface area contributed by atoms with Gasteiger partial charge in [-0.05, 0) is 36.8 Å². The Morgan fingerprint density at radius 1 is 0.909 bits per heavy atom. The topological polar surface area (TPSA) is 60.2 Å². The van der Waals surface area contributed by atoms with Crippen molar-refractivity contribution >= 4 is 9.84 Å². The van der Waals surface area contributed by atoms with Crippen LogP contribution in [0.3, 0.4) is 0 Å². The summed E-state index contributed by atoms with van der Waals surface area (Å²) >= 11 is 0. The molecule has 0 aliphatic heterocycles. The second-order valence-corrected chi connectivity index (χ2v) is 7.15. The predicted molar refractivity (Wildman–Crippen MR) is 85.2 cm³/mol. The van der Waals surface area contributed by atoms with Gasteiger partial charge in [0.15, 0.2) is 15.6 Å². The van der Waals surface area contributed by atoms with Gasteiger partial charge in [0, 0.05) is 11.8 Å². The first-order valence-electron chi connectivity index (χ1n) is 6.79. The Kier molecular flexibility index (Phi) is 3.58. The highest BCUT2D eigenvalue weighted by atomic mass is 32.2. The van der Waals surface area contributed by atoms with Crippen LogP contribution in [0, 0.1) is 6.92 Å². The van der Waals surface area contributed by atoms with E-state index in [4.69, 9.17) is 4.52 Å². The Labute approximate surface area is 129 Å². The molecule has 3 aromatic rings. The average molecular weight is 313 g/mol. The summed E-state index contributed by atoms with van der Waals surface area (Å²) in [6.45, 7) is 1.89. The van der Waals surface area contributed by atoms with Crippen LogP contribution in [-0.4, -0.2) is 19.8 Å². The number of benzene rings is 2. The summed E-state index contributed by atoms with van der Waals surface area (Å²) in [5.74, 6) is 0.642. The van der Waals surface area contributed by atoms with E-state index in [-0.39, 0.29) is 4.90 Å². The van der Waals surface area contributed by atoms with Crippen molar-refractivity contribution in [2.75, 3.05) is 6.26 Å². The van der Waals surface area contributed by atoms with Gasteiger partial charge in [-0.15, -0.1) is 0 Å². The summed E-state index contributed by atoms with van der Waals surface area (Å²) in [6.07, 6.45) is 1.19. The van der Waals surface area contributed by atoms with Crippen molar-refractivity contribution in [2.24, 2.45) is 0 Å². The molecule has 0 bridgehead atoms. The van der Waals surface area contributed by atoms with Crippen molar-refractivity contribution in [2.45, 2.75) is 11.8 Å². The maximum atomic E-state index is 11.5. The van der Waals surface area contributed by atoms with Gasteiger partial charge in [-0.1, -0.05) is 35.5 Å². The summed E-state index contributed by atoms with van der Waals surface area (Å²) < 4.78 is 28.5. The van der Waals surface area contributed by atoms with Crippen LogP contribution in [-0.2, 0) is 9.84 Å². The SMILES string of the molecule is Cc1noc(-c2ccc(S(C)(=O)=O)cc2)c1-c1ccccc1. The third kappa shape index (κ3) is 2.67. The minimum Gasteiger partial charge on any atom is -0.355 e. The lowest BCUT2D eigenvalue weighted by Gasteiger charge is -2.04. The standard InChI is InChI=1S/C17H15NO3S/c1-12-16(13-6-4-3-5-7-13)17(21-18-12)14-8-10-15(11-9-14)22(2,19)20/h3-11H,1-2H3. The van der Waals surface area contributed by atoms with E-state index in [1.165, 1.54) is 6.26 Å². The predicted octanol–water partition coefficient (Wildman–Crippen LogP) is 3.72. The normalized spacial score (nSPS) is 11.5. The minimum atomic E-state index is -3.21. The van der Waals surface area contributed by atoms with Gasteiger partial charge in [0.2, 0.25) is 0 Å². The van der Waals surface area contributed by atoms with E-state index in [0.717, 1.165) is 22.4 Å². The van der Waals surface area contributed by atoms with Gasteiger partial charge in [-0.3, -0.25) is 0 Å². The molecule has 0 amide bonds. The molecule has 3 rings (SSSR count). The van der Waals surface area contributed by atoms with Crippen LogP contribution in [0.25, 0.3) is 22.5 Å². The van der Waals surface area contributed by atoms with Gasteiger partial charge in [0.05, 0.1) is 16.2 Å². The second-order valence-electron chi connectivity index (χ2n) is 5.13. The Bertz CT molecular complexity index is 895. The van der Waals surface area contributed by atoms with E-state index in [0.29, 0.717) is 5.76 Å². The third-order valence-electron chi connectivity index (χ3n) is 3.47. The molecule has 0 spiro atoms. The maximum absolute atomic E-state index is 11.5. The largest absolute Gasteiger partial charge is 0.355 e. The average Bonchev–Trinajstić information content (AvgIpc) is 2.89. The molecule has 0 saturated heterocycles. The summed E-state index contributed by atoms with van der Waals surface area (Å²) in [5, 5.41) is 4.05. The third-order valence-corrected chi connectivity index (χ3v) is 4.60. The molecule has 0 unspecified atom stereocenters. The fourth-order valence-electron chi connectivity index (χ4n) is 2.37. The van der Waals surface area contributed by atoms with E-state index in [1.54, 1.807) is 24.3 Å². The Morgan fingerprint density at radius 2 is 1.55 bits per heavy atom. The Morgan fingerprint density at radius 3 is 2.14 bits per heavy atom. The highest BCUT2D eigenvalue weighted by Gasteiger charge is 2.17. The smallest absolute Gasteiger partial charge is 0.175 e. The number of hydrogen-bond donors (Lipinski definition) is 0. The molecule has 4 nitrogen and oxygen atoms in total. The van der Waals surface area contributed by atoms with Crippen LogP contribution in [0.5, 0.6) is 0 Å². The van der Waals surface area contributed by atoms with E-state index in [9.17, 15) is 8.42 Å². The summed E-state index contributed by atoms with van der Waals surface area (Å²) in [7, 11) is -3.21. The molecule has 0 aliphatic carbocycles. The second kappa shape index (κ2) is 5.42. The van der Waals surface area contributed by atoms with Gasteiger partial charge in [0.1, 0.15) is 0 Å². The van der Waals surface area contributed by atoms with Crippen LogP contribution in [0.4, 0.5) is 0 Å². The molecule has 1 heterocycles. The molecule has 0 aliphatic rings. The summed E-state index contributed by atoms with van der Waals surface area (Å²) in [5.41, 5.74) is 3.54. The summed E-state index contributed by atoms with van der Waals surface area (Å²) in [4.78, 5) is 0.286. The first-order chi connectivity index (χ1) is 10.5. The Hall–Kier alpha value is -2.40. The molecule has 2 aromatic carbocycles. The zero-order chi connectivity index (χ0) is 15.7. The van der Waals surface area contributed by atoms with E-state index in [2.05, 4.69) is 5.16 Å². The van der Waals surface area contributed by atoms with Crippen molar-refractivity contribution in [3.63, 3.8) is 0 Å². The van der Waals surface area contributed by atoms with E-state index in [1.807, 2.05) is 37.3 Å². The fraction of sp³-hybridized carbons (Fsp3) is 0.118. The van der Waals surface area contributed by atoms with E-state index < -0.39 is 9.84 Å². The minimum absolute atomic E-state index is 0.286. The molecule has 0 N–H and O–H groups in total. The van der Waals surface area contributed by atoms with Crippen LogP contribution in [0.1, 0.15) is 5.69 Å². The zero-order valence-corrected chi connectivity index (χ0v) is 13.1. The lowest BCUT2D eigenvalue weighted by molar-refractivity contribution is 0.427. The lowest BCUT2D eigenvalue weighted by Crippen LogP contribution is -1.96. The molecule has 1 aromatic heterocycles. The lowest BCUT2D eigenvalue weighted by atomic mass is 10.00. The quantitative estimate of drug-likeness (QED) is 0.739. The highest BCUT2D eigenvalue weighted by Crippen LogP contribution is 2.34. The first kappa shape index (κ1) is 14.5. The van der Waals surface area contributed by atoms with Crippen molar-refractivity contribution in [1.29, 1.82) is 0 Å².